The first-order chi connectivity index (χ1) is 14.0. The summed E-state index contributed by atoms with van der Waals surface area (Å²) in [6, 6.07) is 12.0. The van der Waals surface area contributed by atoms with Crippen molar-refractivity contribution < 1.29 is 19.1 Å². The van der Waals surface area contributed by atoms with Gasteiger partial charge in [0.15, 0.2) is 5.69 Å². The summed E-state index contributed by atoms with van der Waals surface area (Å²) >= 11 is 0. The van der Waals surface area contributed by atoms with E-state index in [0.29, 0.717) is 28.7 Å². The first-order valence-electron chi connectivity index (χ1n) is 8.80. The van der Waals surface area contributed by atoms with E-state index in [2.05, 4.69) is 21.0 Å². The molecule has 0 aliphatic carbocycles. The zero-order valence-corrected chi connectivity index (χ0v) is 15.9. The van der Waals surface area contributed by atoms with Gasteiger partial charge in [-0.05, 0) is 30.2 Å². The molecule has 2 amide bonds. The van der Waals surface area contributed by atoms with Crippen molar-refractivity contribution in [2.24, 2.45) is 0 Å². The molecule has 150 valence electrons. The lowest BCUT2D eigenvalue weighted by molar-refractivity contribution is -0.121. The molecule has 0 radical (unpaired) electrons. The highest BCUT2D eigenvalue weighted by Crippen LogP contribution is 2.23. The number of rotatable bonds is 6. The van der Waals surface area contributed by atoms with E-state index in [4.69, 9.17) is 9.47 Å². The quantitative estimate of drug-likeness (QED) is 0.541. The molecular formula is C20H20N4O5. The molecule has 3 rings (SSSR count). The van der Waals surface area contributed by atoms with Crippen molar-refractivity contribution in [2.75, 3.05) is 14.2 Å². The Balaban J connectivity index is 1.61. The molecule has 0 atom stereocenters. The average molecular weight is 396 g/mol. The molecule has 0 aliphatic rings. The van der Waals surface area contributed by atoms with E-state index in [-0.39, 0.29) is 18.0 Å². The van der Waals surface area contributed by atoms with Gasteiger partial charge in [-0.25, -0.2) is 5.10 Å². The number of carbonyl (C=O) groups is 2. The number of methoxy groups -OCH3 is 2. The van der Waals surface area contributed by atoms with Gasteiger partial charge in [-0.2, -0.15) is 5.10 Å². The van der Waals surface area contributed by atoms with Crippen LogP contribution in [0, 0.1) is 0 Å². The van der Waals surface area contributed by atoms with Crippen LogP contribution in [0.3, 0.4) is 0 Å². The maximum atomic E-state index is 12.4. The molecule has 0 saturated carbocycles. The largest absolute Gasteiger partial charge is 0.497 e. The summed E-state index contributed by atoms with van der Waals surface area (Å²) in [6.45, 7) is 0. The number of fused-ring (bicyclic) bond motifs is 1. The predicted molar refractivity (Wildman–Crippen MR) is 106 cm³/mol. The molecule has 0 unspecified atom stereocenters. The van der Waals surface area contributed by atoms with Crippen LogP contribution in [0.5, 0.6) is 11.5 Å². The molecular weight excluding hydrogens is 376 g/mol. The molecule has 3 aromatic rings. The number of carbonyl (C=O) groups excluding carboxylic acids is 2. The Hall–Kier alpha value is -3.88. The maximum Gasteiger partial charge on any atom is 0.290 e. The van der Waals surface area contributed by atoms with Gasteiger partial charge in [0.25, 0.3) is 11.5 Å². The van der Waals surface area contributed by atoms with E-state index in [1.807, 2.05) is 12.1 Å². The number of H-pyrrole nitrogens is 1. The molecule has 2 aromatic carbocycles. The Bertz CT molecular complexity index is 1090. The standard InChI is InChI=1S/C20H20N4O5/c1-28-13-9-12(10-14(11-13)29-2)7-8-17(25)21-24-20(27)18-15-5-3-4-6-16(15)19(26)23-22-18/h3-6,9-11H,7-8H2,1-2H3,(H,21,25)(H,23,26)(H,24,27). The second-order valence-electron chi connectivity index (χ2n) is 6.17. The minimum Gasteiger partial charge on any atom is -0.497 e. The average Bonchev–Trinajstić information content (AvgIpc) is 2.76. The number of aromatic amines is 1. The molecule has 29 heavy (non-hydrogen) atoms. The normalized spacial score (nSPS) is 10.4. The summed E-state index contributed by atoms with van der Waals surface area (Å²) in [5.41, 5.74) is 5.15. The maximum absolute atomic E-state index is 12.4. The summed E-state index contributed by atoms with van der Waals surface area (Å²) in [4.78, 5) is 36.3. The minimum absolute atomic E-state index is 0.0121. The number of hydrazine groups is 1. The highest BCUT2D eigenvalue weighted by Gasteiger charge is 2.14. The molecule has 0 fully saturated rings. The van der Waals surface area contributed by atoms with Gasteiger partial charge >= 0.3 is 0 Å². The monoisotopic (exact) mass is 396 g/mol. The number of hydrogen-bond acceptors (Lipinski definition) is 6. The van der Waals surface area contributed by atoms with Gasteiger partial charge in [0.2, 0.25) is 5.91 Å². The van der Waals surface area contributed by atoms with E-state index >= 15 is 0 Å². The molecule has 0 bridgehead atoms. The summed E-state index contributed by atoms with van der Waals surface area (Å²) in [5, 5.41) is 6.80. The lowest BCUT2D eigenvalue weighted by Gasteiger charge is -2.10. The summed E-state index contributed by atoms with van der Waals surface area (Å²) < 4.78 is 10.4. The van der Waals surface area contributed by atoms with Gasteiger partial charge in [-0.1, -0.05) is 18.2 Å². The van der Waals surface area contributed by atoms with Crippen LogP contribution in [0.15, 0.2) is 47.3 Å². The third-order valence-corrected chi connectivity index (χ3v) is 4.28. The Morgan fingerprint density at radius 3 is 2.31 bits per heavy atom. The lowest BCUT2D eigenvalue weighted by Crippen LogP contribution is -2.42. The molecule has 9 heteroatoms. The van der Waals surface area contributed by atoms with Crippen LogP contribution in [0.2, 0.25) is 0 Å². The Labute approximate surface area is 166 Å². The number of aryl methyl sites for hydroxylation is 1. The van der Waals surface area contributed by atoms with Crippen molar-refractivity contribution in [3.8, 4) is 11.5 Å². The third-order valence-electron chi connectivity index (χ3n) is 4.28. The summed E-state index contributed by atoms with van der Waals surface area (Å²) in [7, 11) is 3.10. The summed E-state index contributed by atoms with van der Waals surface area (Å²) in [5.74, 6) is 0.246. The van der Waals surface area contributed by atoms with Crippen molar-refractivity contribution in [1.82, 2.24) is 21.0 Å². The minimum atomic E-state index is -0.631. The second kappa shape index (κ2) is 8.87. The third kappa shape index (κ3) is 4.70. The van der Waals surface area contributed by atoms with E-state index in [1.165, 1.54) is 0 Å². The smallest absolute Gasteiger partial charge is 0.290 e. The van der Waals surface area contributed by atoms with Gasteiger partial charge < -0.3 is 9.47 Å². The highest BCUT2D eigenvalue weighted by molar-refractivity contribution is 6.05. The Morgan fingerprint density at radius 2 is 1.66 bits per heavy atom. The van der Waals surface area contributed by atoms with Crippen LogP contribution in [0.4, 0.5) is 0 Å². The molecule has 1 heterocycles. The first-order valence-corrected chi connectivity index (χ1v) is 8.80. The van der Waals surface area contributed by atoms with Crippen LogP contribution in [0.1, 0.15) is 22.5 Å². The number of nitrogens with one attached hydrogen (secondary N) is 3. The molecule has 0 aliphatic heterocycles. The predicted octanol–water partition coefficient (Wildman–Crippen LogP) is 1.33. The van der Waals surface area contributed by atoms with Gasteiger partial charge in [-0.15, -0.1) is 0 Å². The van der Waals surface area contributed by atoms with E-state index < -0.39 is 11.5 Å². The van der Waals surface area contributed by atoms with Crippen LogP contribution >= 0.6 is 0 Å². The fourth-order valence-corrected chi connectivity index (χ4v) is 2.80. The van der Waals surface area contributed by atoms with E-state index in [0.717, 1.165) is 5.56 Å². The SMILES string of the molecule is COc1cc(CCC(=O)NNC(=O)c2n[nH]c(=O)c3ccccc23)cc(OC)c1. The number of hydrogen-bond donors (Lipinski definition) is 3. The fourth-order valence-electron chi connectivity index (χ4n) is 2.80. The zero-order chi connectivity index (χ0) is 20.8. The topological polar surface area (TPSA) is 122 Å². The van der Waals surface area contributed by atoms with Gasteiger partial charge in [0.1, 0.15) is 11.5 Å². The van der Waals surface area contributed by atoms with Crippen molar-refractivity contribution in [1.29, 1.82) is 0 Å². The van der Waals surface area contributed by atoms with Crippen LogP contribution in [0.25, 0.3) is 10.8 Å². The molecule has 3 N–H and O–H groups in total. The number of benzene rings is 2. The fraction of sp³-hybridized carbons (Fsp3) is 0.200. The number of ether oxygens (including phenoxy) is 2. The summed E-state index contributed by atoms with van der Waals surface area (Å²) in [6.07, 6.45) is 0.561. The van der Waals surface area contributed by atoms with Crippen molar-refractivity contribution in [3.63, 3.8) is 0 Å². The molecule has 0 spiro atoms. The number of amides is 2. The first kappa shape index (κ1) is 19.9. The van der Waals surface area contributed by atoms with Crippen molar-refractivity contribution in [2.45, 2.75) is 12.8 Å². The van der Waals surface area contributed by atoms with Gasteiger partial charge in [0.05, 0.1) is 19.6 Å². The van der Waals surface area contributed by atoms with Crippen LogP contribution in [-0.2, 0) is 11.2 Å². The van der Waals surface area contributed by atoms with Crippen molar-refractivity contribution >= 4 is 22.6 Å². The highest BCUT2D eigenvalue weighted by atomic mass is 16.5. The second-order valence-corrected chi connectivity index (χ2v) is 6.17. The van der Waals surface area contributed by atoms with Crippen molar-refractivity contribution in [3.05, 3.63) is 64.1 Å². The van der Waals surface area contributed by atoms with Gasteiger partial charge in [-0.3, -0.25) is 25.2 Å². The lowest BCUT2D eigenvalue weighted by atomic mass is 10.1. The molecule has 9 nitrogen and oxygen atoms in total. The van der Waals surface area contributed by atoms with E-state index in [1.54, 1.807) is 44.6 Å². The van der Waals surface area contributed by atoms with Gasteiger partial charge in [0, 0.05) is 17.9 Å². The van der Waals surface area contributed by atoms with Crippen LogP contribution in [-0.4, -0.2) is 36.2 Å². The van der Waals surface area contributed by atoms with E-state index in [9.17, 15) is 14.4 Å². The Kier molecular flexibility index (Phi) is 6.08. The molecule has 1 aromatic heterocycles. The molecule has 0 saturated heterocycles. The number of aromatic nitrogens is 2. The number of nitrogens with zero attached hydrogens (tertiary/aromatic N) is 1. The Morgan fingerprint density at radius 1 is 1.00 bits per heavy atom. The van der Waals surface area contributed by atoms with Crippen LogP contribution < -0.4 is 25.9 Å². The zero-order valence-electron chi connectivity index (χ0n) is 15.9.